The van der Waals surface area contributed by atoms with Gasteiger partial charge in [-0.05, 0) is 17.7 Å². The Kier molecular flexibility index (Phi) is 5.99. The van der Waals surface area contributed by atoms with Crippen LogP contribution in [0.2, 0.25) is 0 Å². The minimum absolute atomic E-state index is 0.00220. The number of benzene rings is 1. The number of primary amides is 1. The van der Waals surface area contributed by atoms with Gasteiger partial charge in [-0.3, -0.25) is 0 Å². The van der Waals surface area contributed by atoms with Crippen molar-refractivity contribution >= 4 is 18.1 Å². The van der Waals surface area contributed by atoms with E-state index in [0.717, 1.165) is 5.56 Å². The first kappa shape index (κ1) is 16.3. The summed E-state index contributed by atoms with van der Waals surface area (Å²) in [5.41, 5.74) is 5.77. The van der Waals surface area contributed by atoms with Crippen molar-refractivity contribution < 1.29 is 24.2 Å². The molecule has 3 amide bonds. The van der Waals surface area contributed by atoms with E-state index in [1.54, 1.807) is 19.2 Å². The zero-order chi connectivity index (χ0) is 15.8. The van der Waals surface area contributed by atoms with Gasteiger partial charge in [0, 0.05) is 13.6 Å². The number of nitrogens with one attached hydrogen (secondary N) is 1. The number of hydrogen-bond acceptors (Lipinski definition) is 4. The summed E-state index contributed by atoms with van der Waals surface area (Å²) in [5.74, 6) is -0.998. The molecule has 0 aromatic heterocycles. The standard InChI is InChI=1S/C13H17N3O5/c1-16(13(20)15-6-7-21-12(14)19)8-9-2-4-10(5-3-9)11(17)18/h2-5H,6-8H2,1H3,(H2,14,19)(H,15,20)(H,17,18). The van der Waals surface area contributed by atoms with Crippen LogP contribution in [0, 0.1) is 0 Å². The molecule has 8 nitrogen and oxygen atoms in total. The number of hydrogen-bond donors (Lipinski definition) is 3. The van der Waals surface area contributed by atoms with Crippen molar-refractivity contribution in [1.29, 1.82) is 0 Å². The van der Waals surface area contributed by atoms with E-state index in [1.165, 1.54) is 17.0 Å². The van der Waals surface area contributed by atoms with Crippen LogP contribution < -0.4 is 11.1 Å². The molecular weight excluding hydrogens is 278 g/mol. The molecule has 1 aromatic carbocycles. The highest BCUT2D eigenvalue weighted by Gasteiger charge is 2.09. The first-order valence-electron chi connectivity index (χ1n) is 6.13. The Labute approximate surface area is 121 Å². The fourth-order valence-electron chi connectivity index (χ4n) is 1.54. The molecule has 1 rings (SSSR count). The lowest BCUT2D eigenvalue weighted by Crippen LogP contribution is -2.38. The number of nitrogens with zero attached hydrogens (tertiary/aromatic N) is 1. The van der Waals surface area contributed by atoms with Crippen LogP contribution in [0.1, 0.15) is 15.9 Å². The number of rotatable bonds is 6. The Morgan fingerprint density at radius 3 is 2.43 bits per heavy atom. The number of carbonyl (C=O) groups excluding carboxylic acids is 2. The highest BCUT2D eigenvalue weighted by Crippen LogP contribution is 2.07. The van der Waals surface area contributed by atoms with Gasteiger partial charge in [-0.25, -0.2) is 14.4 Å². The molecular formula is C13H17N3O5. The van der Waals surface area contributed by atoms with Crippen LogP contribution >= 0.6 is 0 Å². The van der Waals surface area contributed by atoms with Crippen molar-refractivity contribution in [3.05, 3.63) is 35.4 Å². The highest BCUT2D eigenvalue weighted by molar-refractivity contribution is 5.87. The smallest absolute Gasteiger partial charge is 0.404 e. The minimum Gasteiger partial charge on any atom is -0.478 e. The van der Waals surface area contributed by atoms with Gasteiger partial charge in [0.15, 0.2) is 0 Å². The van der Waals surface area contributed by atoms with Gasteiger partial charge in [-0.2, -0.15) is 0 Å². The van der Waals surface area contributed by atoms with Crippen LogP contribution in [0.25, 0.3) is 0 Å². The van der Waals surface area contributed by atoms with E-state index in [0.29, 0.717) is 6.54 Å². The normalized spacial score (nSPS) is 9.76. The van der Waals surface area contributed by atoms with Crippen molar-refractivity contribution in [2.45, 2.75) is 6.54 Å². The maximum absolute atomic E-state index is 11.7. The minimum atomic E-state index is -0.998. The van der Waals surface area contributed by atoms with Crippen molar-refractivity contribution in [2.24, 2.45) is 5.73 Å². The molecule has 0 aliphatic heterocycles. The third-order valence-corrected chi connectivity index (χ3v) is 2.59. The zero-order valence-corrected chi connectivity index (χ0v) is 11.5. The molecule has 21 heavy (non-hydrogen) atoms. The van der Waals surface area contributed by atoms with Gasteiger partial charge in [-0.15, -0.1) is 0 Å². The van der Waals surface area contributed by atoms with Crippen LogP contribution in [0.4, 0.5) is 9.59 Å². The summed E-state index contributed by atoms with van der Waals surface area (Å²) >= 11 is 0. The lowest BCUT2D eigenvalue weighted by molar-refractivity contribution is 0.0696. The van der Waals surface area contributed by atoms with E-state index in [4.69, 9.17) is 10.8 Å². The van der Waals surface area contributed by atoms with Gasteiger partial charge in [0.1, 0.15) is 6.61 Å². The molecule has 4 N–H and O–H groups in total. The van der Waals surface area contributed by atoms with Crippen molar-refractivity contribution in [3.8, 4) is 0 Å². The molecule has 1 aromatic rings. The van der Waals surface area contributed by atoms with E-state index in [2.05, 4.69) is 10.1 Å². The average molecular weight is 295 g/mol. The molecule has 0 spiro atoms. The van der Waals surface area contributed by atoms with Crippen molar-refractivity contribution in [2.75, 3.05) is 20.2 Å². The van der Waals surface area contributed by atoms with E-state index in [1.807, 2.05) is 0 Å². The maximum Gasteiger partial charge on any atom is 0.404 e. The van der Waals surface area contributed by atoms with Crippen LogP contribution in [0.15, 0.2) is 24.3 Å². The van der Waals surface area contributed by atoms with E-state index in [-0.39, 0.29) is 24.7 Å². The summed E-state index contributed by atoms with van der Waals surface area (Å²) in [6.07, 6.45) is -0.892. The number of carbonyl (C=O) groups is 3. The summed E-state index contributed by atoms with van der Waals surface area (Å²) in [6.45, 7) is 0.481. The van der Waals surface area contributed by atoms with Gasteiger partial charge in [0.2, 0.25) is 0 Å². The van der Waals surface area contributed by atoms with E-state index in [9.17, 15) is 14.4 Å². The number of amides is 3. The molecule has 0 fully saturated rings. The van der Waals surface area contributed by atoms with Crippen LogP contribution in [-0.2, 0) is 11.3 Å². The lowest BCUT2D eigenvalue weighted by Gasteiger charge is -2.18. The first-order chi connectivity index (χ1) is 9.90. The van der Waals surface area contributed by atoms with Crippen LogP contribution in [0.5, 0.6) is 0 Å². The number of urea groups is 1. The summed E-state index contributed by atoms with van der Waals surface area (Å²) in [5, 5.41) is 11.3. The summed E-state index contributed by atoms with van der Waals surface area (Å²) < 4.78 is 4.48. The van der Waals surface area contributed by atoms with Crippen molar-refractivity contribution in [3.63, 3.8) is 0 Å². The highest BCUT2D eigenvalue weighted by atomic mass is 16.5. The maximum atomic E-state index is 11.7. The Morgan fingerprint density at radius 1 is 1.29 bits per heavy atom. The van der Waals surface area contributed by atoms with Crippen molar-refractivity contribution in [1.82, 2.24) is 10.2 Å². The number of nitrogens with two attached hydrogens (primary N) is 1. The number of ether oxygens (including phenoxy) is 1. The summed E-state index contributed by atoms with van der Waals surface area (Å²) in [4.78, 5) is 34.2. The van der Waals surface area contributed by atoms with Gasteiger partial charge in [0.05, 0.1) is 12.1 Å². The Hall–Kier alpha value is -2.77. The second-order valence-corrected chi connectivity index (χ2v) is 4.26. The average Bonchev–Trinajstić information content (AvgIpc) is 2.43. The zero-order valence-electron chi connectivity index (χ0n) is 11.5. The van der Waals surface area contributed by atoms with Crippen LogP contribution in [0.3, 0.4) is 0 Å². The topological polar surface area (TPSA) is 122 Å². The molecule has 0 atom stereocenters. The number of carboxylic acids is 1. The second-order valence-electron chi connectivity index (χ2n) is 4.26. The third kappa shape index (κ3) is 5.81. The molecule has 0 saturated heterocycles. The monoisotopic (exact) mass is 295 g/mol. The molecule has 114 valence electrons. The van der Waals surface area contributed by atoms with Gasteiger partial charge < -0.3 is 25.8 Å². The largest absolute Gasteiger partial charge is 0.478 e. The molecule has 0 aliphatic rings. The molecule has 0 unspecified atom stereocenters. The first-order valence-corrected chi connectivity index (χ1v) is 6.13. The van der Waals surface area contributed by atoms with E-state index >= 15 is 0 Å². The fourth-order valence-corrected chi connectivity index (χ4v) is 1.54. The predicted octanol–water partition coefficient (Wildman–Crippen LogP) is 0.622. The number of carboxylic acid groups (broad SMARTS) is 1. The molecule has 0 aliphatic carbocycles. The summed E-state index contributed by atoms with van der Waals surface area (Å²) in [6, 6.07) is 5.89. The SMILES string of the molecule is CN(Cc1ccc(C(=O)O)cc1)C(=O)NCCOC(N)=O. The van der Waals surface area contributed by atoms with Crippen LogP contribution in [-0.4, -0.2) is 48.3 Å². The molecule has 0 bridgehead atoms. The molecule has 0 radical (unpaired) electrons. The summed E-state index contributed by atoms with van der Waals surface area (Å²) in [7, 11) is 1.59. The fraction of sp³-hybridized carbons (Fsp3) is 0.308. The van der Waals surface area contributed by atoms with Gasteiger partial charge >= 0.3 is 18.1 Å². The molecule has 0 saturated carbocycles. The molecule has 8 heteroatoms. The van der Waals surface area contributed by atoms with Gasteiger partial charge in [0.25, 0.3) is 0 Å². The number of aromatic carboxylic acids is 1. The van der Waals surface area contributed by atoms with Gasteiger partial charge in [-0.1, -0.05) is 12.1 Å². The predicted molar refractivity (Wildman–Crippen MR) is 73.8 cm³/mol. The third-order valence-electron chi connectivity index (χ3n) is 2.59. The van der Waals surface area contributed by atoms with E-state index < -0.39 is 12.1 Å². The second kappa shape index (κ2) is 7.73. The lowest BCUT2D eigenvalue weighted by atomic mass is 10.1. The Balaban J connectivity index is 2.41. The Morgan fingerprint density at radius 2 is 1.90 bits per heavy atom. The molecule has 0 heterocycles. The quantitative estimate of drug-likeness (QED) is 0.664. The Bertz CT molecular complexity index is 515.